The van der Waals surface area contributed by atoms with Crippen LogP contribution in [0.5, 0.6) is 0 Å². The van der Waals surface area contributed by atoms with Gasteiger partial charge in [0.05, 0.1) is 11.4 Å². The number of hydrogen-bond donors (Lipinski definition) is 2. The molecule has 1 aromatic heterocycles. The fourth-order valence-corrected chi connectivity index (χ4v) is 2.15. The molecule has 0 saturated carbocycles. The molecule has 0 aliphatic heterocycles. The smallest absolute Gasteiger partial charge is 0.152 e. The third-order valence-electron chi connectivity index (χ3n) is 1.99. The van der Waals surface area contributed by atoms with E-state index in [4.69, 9.17) is 11.5 Å². The second kappa shape index (κ2) is 2.74. The first kappa shape index (κ1) is 8.07. The highest BCUT2D eigenvalue weighted by Crippen LogP contribution is 2.31. The first-order valence-corrected chi connectivity index (χ1v) is 4.62. The molecule has 0 fully saturated rings. The maximum absolute atomic E-state index is 10.8. The molecular weight excluding hydrogens is 184 g/mol. The van der Waals surface area contributed by atoms with Crippen LogP contribution in [0.25, 0.3) is 10.1 Å². The lowest BCUT2D eigenvalue weighted by Crippen LogP contribution is -1.99. The zero-order chi connectivity index (χ0) is 9.42. The van der Waals surface area contributed by atoms with Crippen LogP contribution in [0, 0.1) is 0 Å². The molecule has 13 heavy (non-hydrogen) atoms. The first-order chi connectivity index (χ1) is 6.24. The SMILES string of the molecule is Nc1cc2sccc2c(C=O)c1N. The summed E-state index contributed by atoms with van der Waals surface area (Å²) in [5.41, 5.74) is 12.7. The number of nitrogen functional groups attached to an aromatic ring is 2. The topological polar surface area (TPSA) is 69.1 Å². The van der Waals surface area contributed by atoms with Crippen molar-refractivity contribution in [1.29, 1.82) is 0 Å². The van der Waals surface area contributed by atoms with Crippen molar-refractivity contribution in [2.45, 2.75) is 0 Å². The van der Waals surface area contributed by atoms with Crippen molar-refractivity contribution in [1.82, 2.24) is 0 Å². The number of aldehydes is 1. The van der Waals surface area contributed by atoms with Crippen molar-refractivity contribution in [3.05, 3.63) is 23.1 Å². The second-order valence-electron chi connectivity index (χ2n) is 2.74. The van der Waals surface area contributed by atoms with Crippen LogP contribution in [0.2, 0.25) is 0 Å². The molecule has 0 radical (unpaired) electrons. The Balaban J connectivity index is 2.95. The molecule has 0 aliphatic carbocycles. The summed E-state index contributed by atoms with van der Waals surface area (Å²) in [6.07, 6.45) is 0.751. The summed E-state index contributed by atoms with van der Waals surface area (Å²) in [4.78, 5) is 10.8. The van der Waals surface area contributed by atoms with Gasteiger partial charge in [-0.2, -0.15) is 0 Å². The van der Waals surface area contributed by atoms with Gasteiger partial charge in [0.2, 0.25) is 0 Å². The summed E-state index contributed by atoms with van der Waals surface area (Å²) < 4.78 is 0.994. The fraction of sp³-hybridized carbons (Fsp3) is 0. The third-order valence-corrected chi connectivity index (χ3v) is 2.85. The Hall–Kier alpha value is -1.55. The molecule has 2 aromatic rings. The van der Waals surface area contributed by atoms with E-state index in [0.717, 1.165) is 16.4 Å². The predicted octanol–water partition coefficient (Wildman–Crippen LogP) is 1.88. The molecule has 0 spiro atoms. The number of benzene rings is 1. The normalized spacial score (nSPS) is 10.5. The van der Waals surface area contributed by atoms with E-state index >= 15 is 0 Å². The Morgan fingerprint density at radius 3 is 2.85 bits per heavy atom. The summed E-state index contributed by atoms with van der Waals surface area (Å²) in [5.74, 6) is 0. The van der Waals surface area contributed by atoms with Crippen molar-refractivity contribution in [2.24, 2.45) is 0 Å². The third kappa shape index (κ3) is 1.07. The predicted molar refractivity (Wildman–Crippen MR) is 56.0 cm³/mol. The Kier molecular flexibility index (Phi) is 1.70. The number of rotatable bonds is 1. The number of anilines is 2. The van der Waals surface area contributed by atoms with E-state index in [0.29, 0.717) is 16.9 Å². The maximum atomic E-state index is 10.8. The van der Waals surface area contributed by atoms with Gasteiger partial charge in [-0.25, -0.2) is 0 Å². The zero-order valence-electron chi connectivity index (χ0n) is 6.78. The van der Waals surface area contributed by atoms with Crippen LogP contribution < -0.4 is 11.5 Å². The highest BCUT2D eigenvalue weighted by molar-refractivity contribution is 7.17. The molecule has 66 valence electrons. The monoisotopic (exact) mass is 192 g/mol. The molecule has 1 heterocycles. The van der Waals surface area contributed by atoms with Crippen LogP contribution >= 0.6 is 11.3 Å². The van der Waals surface area contributed by atoms with Crippen LogP contribution in [0.4, 0.5) is 11.4 Å². The number of thiophene rings is 1. The maximum Gasteiger partial charge on any atom is 0.152 e. The lowest BCUT2D eigenvalue weighted by molar-refractivity contribution is 0.112. The Morgan fingerprint density at radius 1 is 1.38 bits per heavy atom. The van der Waals surface area contributed by atoms with Crippen molar-refractivity contribution in [2.75, 3.05) is 11.5 Å². The molecular formula is C9H8N2OS. The van der Waals surface area contributed by atoms with Gasteiger partial charge < -0.3 is 11.5 Å². The summed E-state index contributed by atoms with van der Waals surface area (Å²) in [6, 6.07) is 3.67. The Labute approximate surface area is 79.0 Å². The number of carbonyl (C=O) groups excluding carboxylic acids is 1. The molecule has 0 bridgehead atoms. The van der Waals surface area contributed by atoms with Gasteiger partial charge in [-0.15, -0.1) is 11.3 Å². The summed E-state index contributed by atoms with van der Waals surface area (Å²) >= 11 is 1.55. The van der Waals surface area contributed by atoms with E-state index in [1.807, 2.05) is 11.4 Å². The minimum atomic E-state index is 0.376. The number of nitrogens with two attached hydrogens (primary N) is 2. The van der Waals surface area contributed by atoms with Gasteiger partial charge in [0.1, 0.15) is 0 Å². The van der Waals surface area contributed by atoms with E-state index < -0.39 is 0 Å². The molecule has 0 unspecified atom stereocenters. The van der Waals surface area contributed by atoms with E-state index in [1.54, 1.807) is 17.4 Å². The van der Waals surface area contributed by atoms with Gasteiger partial charge in [0.25, 0.3) is 0 Å². The van der Waals surface area contributed by atoms with E-state index in [1.165, 1.54) is 0 Å². The number of carbonyl (C=O) groups is 1. The molecule has 4 heteroatoms. The Bertz CT molecular complexity index is 476. The van der Waals surface area contributed by atoms with Crippen LogP contribution in [0.3, 0.4) is 0 Å². The van der Waals surface area contributed by atoms with E-state index in [2.05, 4.69) is 0 Å². The van der Waals surface area contributed by atoms with Crippen LogP contribution in [-0.4, -0.2) is 6.29 Å². The molecule has 4 N–H and O–H groups in total. The lowest BCUT2D eigenvalue weighted by Gasteiger charge is -2.03. The minimum Gasteiger partial charge on any atom is -0.397 e. The van der Waals surface area contributed by atoms with Gasteiger partial charge in [-0.1, -0.05) is 0 Å². The van der Waals surface area contributed by atoms with Crippen molar-refractivity contribution < 1.29 is 4.79 Å². The molecule has 3 nitrogen and oxygen atoms in total. The van der Waals surface area contributed by atoms with Crippen molar-refractivity contribution in [3.8, 4) is 0 Å². The lowest BCUT2D eigenvalue weighted by atomic mass is 10.1. The zero-order valence-corrected chi connectivity index (χ0v) is 7.60. The minimum absolute atomic E-state index is 0.376. The molecule has 1 aromatic carbocycles. The standard InChI is InChI=1S/C9H8N2OS/c10-7-3-8-5(1-2-13-8)6(4-12)9(7)11/h1-4H,10-11H2. The molecule has 2 rings (SSSR count). The fourth-order valence-electron chi connectivity index (χ4n) is 1.30. The van der Waals surface area contributed by atoms with Gasteiger partial charge in [-0.05, 0) is 17.5 Å². The number of fused-ring (bicyclic) bond motifs is 1. The van der Waals surface area contributed by atoms with E-state index in [9.17, 15) is 4.79 Å². The second-order valence-corrected chi connectivity index (χ2v) is 3.69. The average molecular weight is 192 g/mol. The van der Waals surface area contributed by atoms with Crippen LogP contribution in [0.15, 0.2) is 17.5 Å². The van der Waals surface area contributed by atoms with Gasteiger partial charge in [-0.3, -0.25) is 4.79 Å². The summed E-state index contributed by atoms with van der Waals surface area (Å²) in [6.45, 7) is 0. The van der Waals surface area contributed by atoms with E-state index in [-0.39, 0.29) is 0 Å². The van der Waals surface area contributed by atoms with Gasteiger partial charge >= 0.3 is 0 Å². The molecule has 0 amide bonds. The highest BCUT2D eigenvalue weighted by Gasteiger charge is 2.08. The van der Waals surface area contributed by atoms with Crippen LogP contribution in [0.1, 0.15) is 10.4 Å². The first-order valence-electron chi connectivity index (χ1n) is 3.74. The quantitative estimate of drug-likeness (QED) is 0.535. The summed E-state index contributed by atoms with van der Waals surface area (Å²) in [5, 5.41) is 2.79. The van der Waals surface area contributed by atoms with Crippen molar-refractivity contribution >= 4 is 39.1 Å². The highest BCUT2D eigenvalue weighted by atomic mass is 32.1. The largest absolute Gasteiger partial charge is 0.397 e. The molecule has 0 atom stereocenters. The van der Waals surface area contributed by atoms with Crippen molar-refractivity contribution in [3.63, 3.8) is 0 Å². The number of hydrogen-bond acceptors (Lipinski definition) is 4. The average Bonchev–Trinajstić information content (AvgIpc) is 2.54. The summed E-state index contributed by atoms with van der Waals surface area (Å²) in [7, 11) is 0. The molecule has 0 aliphatic rings. The van der Waals surface area contributed by atoms with Gasteiger partial charge in [0, 0.05) is 15.6 Å². The Morgan fingerprint density at radius 2 is 2.15 bits per heavy atom. The van der Waals surface area contributed by atoms with Gasteiger partial charge in [0.15, 0.2) is 6.29 Å². The molecule has 0 saturated heterocycles. The van der Waals surface area contributed by atoms with Crippen LogP contribution in [-0.2, 0) is 0 Å².